The number of esters is 3. The molecule has 12 heteroatoms. The van der Waals surface area contributed by atoms with Crippen molar-refractivity contribution < 1.29 is 52.2 Å². The summed E-state index contributed by atoms with van der Waals surface area (Å²) in [7, 11) is -4.78. The molecule has 0 aromatic heterocycles. The monoisotopic (exact) mass is 1050 g/mol. The number of hydrogen-bond acceptors (Lipinski definition) is 10. The number of phosphoric acid groups is 1. The lowest BCUT2D eigenvalue weighted by Crippen LogP contribution is -2.30. The van der Waals surface area contributed by atoms with Crippen LogP contribution in [0.5, 0.6) is 0 Å². The SMILES string of the molecule is CC/C=C\C/C=C\C/C=C\C/C=C\C/C=C\C/C=C\CCC(=O)OC(COC(=O)CCCCCCC/C=C\CCCCCC)COP(=O)(O)OCC(CO)OC(=O)CCCCCCC/C=C\C/C=C\C/C=C\CC. The van der Waals surface area contributed by atoms with Crippen LogP contribution in [-0.2, 0) is 42.2 Å². The third-order valence-electron chi connectivity index (χ3n) is 11.4. The lowest BCUT2D eigenvalue weighted by atomic mass is 10.1. The van der Waals surface area contributed by atoms with Gasteiger partial charge in [0.05, 0.1) is 19.8 Å². The average Bonchev–Trinajstić information content (AvgIpc) is 3.39. The highest BCUT2D eigenvalue weighted by molar-refractivity contribution is 7.47. The topological polar surface area (TPSA) is 155 Å². The highest BCUT2D eigenvalue weighted by Gasteiger charge is 2.28. The minimum Gasteiger partial charge on any atom is -0.462 e. The second kappa shape index (κ2) is 55.1. The molecule has 420 valence electrons. The molecule has 0 radical (unpaired) electrons. The molecule has 0 aromatic carbocycles. The molecule has 0 rings (SSSR count). The van der Waals surface area contributed by atoms with Gasteiger partial charge in [-0.2, -0.15) is 0 Å². The quantitative estimate of drug-likeness (QED) is 0.0197. The maximum atomic E-state index is 12.9. The summed E-state index contributed by atoms with van der Waals surface area (Å²) in [5.41, 5.74) is 0. The van der Waals surface area contributed by atoms with Gasteiger partial charge in [-0.25, -0.2) is 4.57 Å². The second-order valence-corrected chi connectivity index (χ2v) is 19.8. The summed E-state index contributed by atoms with van der Waals surface area (Å²) in [6.07, 6.45) is 67.4. The zero-order valence-electron chi connectivity index (χ0n) is 46.3. The van der Waals surface area contributed by atoms with Crippen LogP contribution in [0.15, 0.2) is 122 Å². The molecule has 2 N–H and O–H groups in total. The molecule has 0 spiro atoms. The molecule has 0 saturated carbocycles. The first-order chi connectivity index (χ1) is 36.2. The Morgan fingerprint density at radius 2 is 0.730 bits per heavy atom. The van der Waals surface area contributed by atoms with Crippen LogP contribution in [0.3, 0.4) is 0 Å². The molecule has 0 amide bonds. The van der Waals surface area contributed by atoms with Gasteiger partial charge in [-0.3, -0.25) is 23.4 Å². The fourth-order valence-corrected chi connectivity index (χ4v) is 7.88. The van der Waals surface area contributed by atoms with Gasteiger partial charge in [0.1, 0.15) is 12.7 Å². The summed E-state index contributed by atoms with van der Waals surface area (Å²) in [6, 6.07) is 0. The summed E-state index contributed by atoms with van der Waals surface area (Å²) in [5, 5.41) is 9.81. The molecule has 0 fully saturated rings. The zero-order valence-corrected chi connectivity index (χ0v) is 47.2. The number of hydrogen-bond donors (Lipinski definition) is 2. The number of carbonyl (C=O) groups excluding carboxylic acids is 3. The number of allylic oxidation sites excluding steroid dienone is 20. The summed E-state index contributed by atoms with van der Waals surface area (Å²) in [4.78, 5) is 48.5. The van der Waals surface area contributed by atoms with Gasteiger partial charge >= 0.3 is 25.7 Å². The number of ether oxygens (including phenoxy) is 3. The molecule has 3 atom stereocenters. The van der Waals surface area contributed by atoms with Crippen LogP contribution in [0.4, 0.5) is 0 Å². The van der Waals surface area contributed by atoms with E-state index >= 15 is 0 Å². The highest BCUT2D eigenvalue weighted by Crippen LogP contribution is 2.43. The molecule has 0 aliphatic carbocycles. The molecule has 0 saturated heterocycles. The number of aliphatic hydroxyl groups is 1. The van der Waals surface area contributed by atoms with E-state index in [4.69, 9.17) is 23.3 Å². The molecule has 0 heterocycles. The summed E-state index contributed by atoms with van der Waals surface area (Å²) in [6.45, 7) is 4.27. The van der Waals surface area contributed by atoms with Crippen LogP contribution in [0.1, 0.15) is 213 Å². The van der Waals surface area contributed by atoms with Crippen molar-refractivity contribution in [1.29, 1.82) is 0 Å². The number of phosphoric ester groups is 1. The number of rotatable bonds is 51. The van der Waals surface area contributed by atoms with Gasteiger partial charge in [0.2, 0.25) is 0 Å². The van der Waals surface area contributed by atoms with E-state index in [1.54, 1.807) is 0 Å². The summed E-state index contributed by atoms with van der Waals surface area (Å²) in [5.74, 6) is -1.61. The van der Waals surface area contributed by atoms with Crippen LogP contribution in [0.25, 0.3) is 0 Å². The fraction of sp³-hybridized carbons (Fsp3) is 0.629. The Balaban J connectivity index is 4.87. The molecular weight excluding hydrogens is 952 g/mol. The largest absolute Gasteiger partial charge is 0.472 e. The van der Waals surface area contributed by atoms with E-state index < -0.39 is 57.8 Å². The molecule has 3 unspecified atom stereocenters. The Morgan fingerprint density at radius 3 is 1.18 bits per heavy atom. The Hall–Kier alpha value is -4.12. The van der Waals surface area contributed by atoms with Crippen molar-refractivity contribution in [2.24, 2.45) is 0 Å². The summed E-state index contributed by atoms with van der Waals surface area (Å²) < 4.78 is 39.4. The molecule has 0 bridgehead atoms. The van der Waals surface area contributed by atoms with Gasteiger partial charge in [-0.05, 0) is 116 Å². The molecule has 0 aliphatic heterocycles. The van der Waals surface area contributed by atoms with E-state index in [9.17, 15) is 28.9 Å². The zero-order chi connectivity index (χ0) is 54.1. The van der Waals surface area contributed by atoms with Crippen molar-refractivity contribution in [3.63, 3.8) is 0 Å². The van der Waals surface area contributed by atoms with Crippen molar-refractivity contribution in [1.82, 2.24) is 0 Å². The Morgan fingerprint density at radius 1 is 0.392 bits per heavy atom. The van der Waals surface area contributed by atoms with Crippen LogP contribution >= 0.6 is 7.82 Å². The third kappa shape index (κ3) is 52.7. The van der Waals surface area contributed by atoms with Gasteiger partial charge < -0.3 is 24.2 Å². The van der Waals surface area contributed by atoms with E-state index in [1.807, 2.05) is 12.2 Å². The summed E-state index contributed by atoms with van der Waals surface area (Å²) >= 11 is 0. The average molecular weight is 1050 g/mol. The minimum absolute atomic E-state index is 0.0337. The first-order valence-electron chi connectivity index (χ1n) is 28.4. The van der Waals surface area contributed by atoms with Crippen molar-refractivity contribution >= 4 is 25.7 Å². The predicted octanol–water partition coefficient (Wildman–Crippen LogP) is 16.8. The normalized spacial score (nSPS) is 14.3. The first kappa shape index (κ1) is 69.9. The maximum Gasteiger partial charge on any atom is 0.472 e. The first-order valence-corrected chi connectivity index (χ1v) is 29.9. The number of aliphatic hydroxyl groups excluding tert-OH is 1. The number of carbonyl (C=O) groups is 3. The predicted molar refractivity (Wildman–Crippen MR) is 306 cm³/mol. The number of unbranched alkanes of at least 4 members (excludes halogenated alkanes) is 14. The molecule has 11 nitrogen and oxygen atoms in total. The minimum atomic E-state index is -4.78. The smallest absolute Gasteiger partial charge is 0.462 e. The van der Waals surface area contributed by atoms with E-state index in [0.29, 0.717) is 25.7 Å². The van der Waals surface area contributed by atoms with E-state index in [-0.39, 0.29) is 25.9 Å². The lowest BCUT2D eigenvalue weighted by Gasteiger charge is -2.21. The maximum absolute atomic E-state index is 12.9. The lowest BCUT2D eigenvalue weighted by molar-refractivity contribution is -0.161. The van der Waals surface area contributed by atoms with Gasteiger partial charge in [0.25, 0.3) is 0 Å². The van der Waals surface area contributed by atoms with Crippen LogP contribution in [0.2, 0.25) is 0 Å². The van der Waals surface area contributed by atoms with E-state index in [2.05, 4.69) is 130 Å². The van der Waals surface area contributed by atoms with Gasteiger partial charge in [0.15, 0.2) is 6.10 Å². The van der Waals surface area contributed by atoms with Gasteiger partial charge in [-0.1, -0.05) is 200 Å². The Kier molecular flexibility index (Phi) is 52.1. The van der Waals surface area contributed by atoms with Gasteiger partial charge in [0, 0.05) is 19.3 Å². The van der Waals surface area contributed by atoms with Crippen LogP contribution < -0.4 is 0 Å². The Labute approximate surface area is 449 Å². The van der Waals surface area contributed by atoms with Crippen molar-refractivity contribution in [2.45, 2.75) is 226 Å². The van der Waals surface area contributed by atoms with Crippen molar-refractivity contribution in [3.8, 4) is 0 Å². The molecular formula is C62H101O11P. The van der Waals surface area contributed by atoms with Crippen molar-refractivity contribution in [3.05, 3.63) is 122 Å². The molecule has 0 aliphatic rings. The Bertz CT molecular complexity index is 1700. The van der Waals surface area contributed by atoms with Crippen LogP contribution in [-0.4, -0.2) is 66.5 Å². The molecule has 0 aromatic rings. The third-order valence-corrected chi connectivity index (χ3v) is 12.3. The standard InChI is InChI=1S/C62H101O11P/c1-4-7-10-13-16-19-22-25-27-28-29-30-32-35-38-41-44-47-50-53-62(66)73-59(55-69-60(64)51-48-45-42-39-36-33-24-21-18-15-12-9-6-3)57-71-74(67,68)70-56-58(54-63)72-61(65)52-49-46-43-40-37-34-31-26-23-20-17-14-11-8-5-2/h7-8,10-11,16-17,19-21,24-27,29-31,35,38,44,47,58-59,63H,4-6,9,12-15,18,22-23,28,32-34,36-37,39-43,45-46,48-57H2,1-3H3,(H,67,68)/b10-7-,11-8-,19-16-,20-17-,24-21-,27-25-,30-29-,31-26-,38-35-,47-44-. The van der Waals surface area contributed by atoms with E-state index in [0.717, 1.165) is 122 Å². The van der Waals surface area contributed by atoms with Crippen molar-refractivity contribution in [2.75, 3.05) is 26.4 Å². The fourth-order valence-electron chi connectivity index (χ4n) is 7.10. The highest BCUT2D eigenvalue weighted by atomic mass is 31.2. The van der Waals surface area contributed by atoms with Gasteiger partial charge in [-0.15, -0.1) is 0 Å². The van der Waals surface area contributed by atoms with Crippen LogP contribution in [0, 0.1) is 0 Å². The second-order valence-electron chi connectivity index (χ2n) is 18.3. The van der Waals surface area contributed by atoms with E-state index in [1.165, 1.54) is 25.7 Å². The molecule has 74 heavy (non-hydrogen) atoms.